The van der Waals surface area contributed by atoms with Crippen molar-refractivity contribution in [3.05, 3.63) is 29.8 Å². The number of benzene rings is 1. The van der Waals surface area contributed by atoms with E-state index in [-0.39, 0.29) is 12.4 Å². The summed E-state index contributed by atoms with van der Waals surface area (Å²) in [5.41, 5.74) is 7.79. The molecule has 0 amide bonds. The standard InChI is InChI=1S/C10H16N2.ClH/c1-8(12-2)6-9-4-3-5-10(11)7-9;/h3-5,7-8,12H,6,11H2,1-2H3;1H. The fourth-order valence-corrected chi connectivity index (χ4v) is 1.18. The third-order valence-corrected chi connectivity index (χ3v) is 1.99. The summed E-state index contributed by atoms with van der Waals surface area (Å²) >= 11 is 0. The van der Waals surface area contributed by atoms with Crippen LogP contribution >= 0.6 is 12.4 Å². The minimum atomic E-state index is 0. The monoisotopic (exact) mass is 200 g/mol. The van der Waals surface area contributed by atoms with Crippen LogP contribution in [0.1, 0.15) is 12.5 Å². The molecule has 0 fully saturated rings. The predicted octanol–water partition coefficient (Wildman–Crippen LogP) is 1.84. The van der Waals surface area contributed by atoms with Crippen LogP contribution in [0.5, 0.6) is 0 Å². The summed E-state index contributed by atoms with van der Waals surface area (Å²) in [6.45, 7) is 2.16. The molecule has 0 bridgehead atoms. The Kier molecular flexibility index (Phi) is 5.51. The Hall–Kier alpha value is -0.730. The van der Waals surface area contributed by atoms with Crippen molar-refractivity contribution in [3.63, 3.8) is 0 Å². The van der Waals surface area contributed by atoms with E-state index in [1.807, 2.05) is 25.2 Å². The van der Waals surface area contributed by atoms with Gasteiger partial charge in [-0.25, -0.2) is 0 Å². The van der Waals surface area contributed by atoms with Gasteiger partial charge in [0.25, 0.3) is 0 Å². The Morgan fingerprint density at radius 2 is 2.15 bits per heavy atom. The Morgan fingerprint density at radius 1 is 1.46 bits per heavy atom. The average Bonchev–Trinajstić information content (AvgIpc) is 2.04. The first-order valence-electron chi connectivity index (χ1n) is 4.24. The van der Waals surface area contributed by atoms with Gasteiger partial charge in [-0.05, 0) is 38.1 Å². The maximum Gasteiger partial charge on any atom is 0.0316 e. The maximum absolute atomic E-state index is 5.66. The van der Waals surface area contributed by atoms with Crippen LogP contribution in [-0.4, -0.2) is 13.1 Å². The highest BCUT2D eigenvalue weighted by Gasteiger charge is 1.99. The fourth-order valence-electron chi connectivity index (χ4n) is 1.18. The molecule has 1 rings (SSSR count). The molecule has 0 saturated heterocycles. The zero-order valence-corrected chi connectivity index (χ0v) is 8.90. The van der Waals surface area contributed by atoms with Gasteiger partial charge in [-0.1, -0.05) is 12.1 Å². The second kappa shape index (κ2) is 5.84. The lowest BCUT2D eigenvalue weighted by atomic mass is 10.1. The van der Waals surface area contributed by atoms with E-state index in [0.717, 1.165) is 12.1 Å². The first kappa shape index (κ1) is 12.3. The smallest absolute Gasteiger partial charge is 0.0316 e. The number of anilines is 1. The van der Waals surface area contributed by atoms with Gasteiger partial charge in [0.1, 0.15) is 0 Å². The summed E-state index contributed by atoms with van der Waals surface area (Å²) in [7, 11) is 1.97. The number of hydrogen-bond donors (Lipinski definition) is 2. The molecular weight excluding hydrogens is 184 g/mol. The third-order valence-electron chi connectivity index (χ3n) is 1.99. The van der Waals surface area contributed by atoms with Crippen LogP contribution in [0.2, 0.25) is 0 Å². The molecule has 13 heavy (non-hydrogen) atoms. The highest BCUT2D eigenvalue weighted by molar-refractivity contribution is 5.85. The summed E-state index contributed by atoms with van der Waals surface area (Å²) in [5, 5.41) is 3.19. The molecule has 0 heterocycles. The first-order chi connectivity index (χ1) is 5.72. The Morgan fingerprint density at radius 3 is 2.69 bits per heavy atom. The van der Waals surface area contributed by atoms with E-state index in [1.54, 1.807) is 0 Å². The van der Waals surface area contributed by atoms with Crippen molar-refractivity contribution >= 4 is 18.1 Å². The van der Waals surface area contributed by atoms with E-state index in [2.05, 4.69) is 18.3 Å². The van der Waals surface area contributed by atoms with Gasteiger partial charge in [0.15, 0.2) is 0 Å². The Labute approximate surface area is 85.9 Å². The van der Waals surface area contributed by atoms with Crippen LogP contribution in [0.25, 0.3) is 0 Å². The van der Waals surface area contributed by atoms with Gasteiger partial charge >= 0.3 is 0 Å². The molecule has 74 valence electrons. The summed E-state index contributed by atoms with van der Waals surface area (Å²) < 4.78 is 0. The van der Waals surface area contributed by atoms with E-state index in [4.69, 9.17) is 5.73 Å². The lowest BCUT2D eigenvalue weighted by molar-refractivity contribution is 0.609. The van der Waals surface area contributed by atoms with Crippen molar-refractivity contribution < 1.29 is 0 Å². The van der Waals surface area contributed by atoms with Gasteiger partial charge in [0.2, 0.25) is 0 Å². The molecule has 3 heteroatoms. The zero-order chi connectivity index (χ0) is 8.97. The molecule has 0 aliphatic carbocycles. The Bertz CT molecular complexity index is 250. The van der Waals surface area contributed by atoms with Crippen molar-refractivity contribution in [2.75, 3.05) is 12.8 Å². The molecule has 0 saturated carbocycles. The number of likely N-dealkylation sites (N-methyl/N-ethyl adjacent to an activating group) is 1. The van der Waals surface area contributed by atoms with Crippen LogP contribution in [0, 0.1) is 0 Å². The normalized spacial score (nSPS) is 11.8. The molecule has 0 spiro atoms. The lowest BCUT2D eigenvalue weighted by Crippen LogP contribution is -2.23. The zero-order valence-electron chi connectivity index (χ0n) is 8.08. The van der Waals surface area contributed by atoms with Crippen LogP contribution in [0.4, 0.5) is 5.69 Å². The van der Waals surface area contributed by atoms with E-state index in [1.165, 1.54) is 5.56 Å². The number of rotatable bonds is 3. The van der Waals surface area contributed by atoms with Gasteiger partial charge < -0.3 is 11.1 Å². The first-order valence-corrected chi connectivity index (χ1v) is 4.24. The number of hydrogen-bond acceptors (Lipinski definition) is 2. The molecular formula is C10H17ClN2. The van der Waals surface area contributed by atoms with Gasteiger partial charge in [-0.2, -0.15) is 0 Å². The largest absolute Gasteiger partial charge is 0.399 e. The quantitative estimate of drug-likeness (QED) is 0.731. The summed E-state index contributed by atoms with van der Waals surface area (Å²) in [5.74, 6) is 0. The van der Waals surface area contributed by atoms with Crippen molar-refractivity contribution in [2.24, 2.45) is 0 Å². The fraction of sp³-hybridized carbons (Fsp3) is 0.400. The molecule has 0 radical (unpaired) electrons. The molecule has 1 atom stereocenters. The van der Waals surface area contributed by atoms with Crippen LogP contribution < -0.4 is 11.1 Å². The van der Waals surface area contributed by atoms with Crippen molar-refractivity contribution in [1.29, 1.82) is 0 Å². The van der Waals surface area contributed by atoms with Gasteiger partial charge in [-0.3, -0.25) is 0 Å². The Balaban J connectivity index is 0.00000144. The summed E-state index contributed by atoms with van der Waals surface area (Å²) in [4.78, 5) is 0. The van der Waals surface area contributed by atoms with Gasteiger partial charge in [-0.15, -0.1) is 12.4 Å². The van der Waals surface area contributed by atoms with Crippen molar-refractivity contribution in [1.82, 2.24) is 5.32 Å². The van der Waals surface area contributed by atoms with Crippen molar-refractivity contribution in [2.45, 2.75) is 19.4 Å². The van der Waals surface area contributed by atoms with Crippen LogP contribution in [-0.2, 0) is 6.42 Å². The van der Waals surface area contributed by atoms with Gasteiger partial charge in [0.05, 0.1) is 0 Å². The highest BCUT2D eigenvalue weighted by atomic mass is 35.5. The molecule has 0 aliphatic rings. The maximum atomic E-state index is 5.66. The molecule has 1 unspecified atom stereocenters. The molecule has 0 aromatic heterocycles. The molecule has 1 aromatic rings. The lowest BCUT2D eigenvalue weighted by Gasteiger charge is -2.09. The second-order valence-corrected chi connectivity index (χ2v) is 3.14. The van der Waals surface area contributed by atoms with E-state index in [9.17, 15) is 0 Å². The minimum absolute atomic E-state index is 0. The topological polar surface area (TPSA) is 38.0 Å². The predicted molar refractivity (Wildman–Crippen MR) is 60.3 cm³/mol. The van der Waals surface area contributed by atoms with Crippen LogP contribution in [0.3, 0.4) is 0 Å². The number of nitrogen functional groups attached to an aromatic ring is 1. The summed E-state index contributed by atoms with van der Waals surface area (Å²) in [6, 6.07) is 8.53. The number of nitrogens with one attached hydrogen (secondary N) is 1. The summed E-state index contributed by atoms with van der Waals surface area (Å²) in [6.07, 6.45) is 1.03. The average molecular weight is 201 g/mol. The second-order valence-electron chi connectivity index (χ2n) is 3.14. The van der Waals surface area contributed by atoms with E-state index in [0.29, 0.717) is 6.04 Å². The molecule has 1 aromatic carbocycles. The number of nitrogens with two attached hydrogens (primary N) is 1. The highest BCUT2D eigenvalue weighted by Crippen LogP contribution is 2.08. The molecule has 3 N–H and O–H groups in total. The molecule has 0 aliphatic heterocycles. The molecule has 2 nitrogen and oxygen atoms in total. The van der Waals surface area contributed by atoms with Gasteiger partial charge in [0, 0.05) is 11.7 Å². The SMILES string of the molecule is CNC(C)Cc1cccc(N)c1.Cl. The van der Waals surface area contributed by atoms with Crippen LogP contribution in [0.15, 0.2) is 24.3 Å². The van der Waals surface area contributed by atoms with E-state index < -0.39 is 0 Å². The minimum Gasteiger partial charge on any atom is -0.399 e. The van der Waals surface area contributed by atoms with E-state index >= 15 is 0 Å². The third kappa shape index (κ3) is 4.15. The number of halogens is 1. The van der Waals surface area contributed by atoms with Crippen molar-refractivity contribution in [3.8, 4) is 0 Å².